The molecule has 0 bridgehead atoms. The summed E-state index contributed by atoms with van der Waals surface area (Å²) in [6.07, 6.45) is -4.39. The number of halogens is 3. The van der Waals surface area contributed by atoms with Crippen LogP contribution in [0.2, 0.25) is 0 Å². The maximum Gasteiger partial charge on any atom is 0.405 e. The van der Waals surface area contributed by atoms with E-state index in [-0.39, 0.29) is 0 Å². The lowest BCUT2D eigenvalue weighted by Gasteiger charge is -2.35. The molecule has 2 aromatic rings. The van der Waals surface area contributed by atoms with E-state index >= 15 is 0 Å². The van der Waals surface area contributed by atoms with Crippen molar-refractivity contribution in [1.82, 2.24) is 20.1 Å². The number of aromatic nitrogens is 1. The Morgan fingerprint density at radius 2 is 1.81 bits per heavy atom. The SMILES string of the molecule is Cn1c(C(=O)NCC(N2CCNCC2)C(F)(F)F)ccc1-c1ccccc1. The molecule has 5 nitrogen and oxygen atoms in total. The van der Waals surface area contributed by atoms with Gasteiger partial charge in [0.2, 0.25) is 0 Å². The second kappa shape index (κ2) is 8.14. The van der Waals surface area contributed by atoms with Gasteiger partial charge < -0.3 is 15.2 Å². The Labute approximate surface area is 156 Å². The summed E-state index contributed by atoms with van der Waals surface area (Å²) >= 11 is 0. The number of nitrogens with one attached hydrogen (secondary N) is 2. The molecule has 146 valence electrons. The second-order valence-corrected chi connectivity index (χ2v) is 6.58. The molecule has 1 aliphatic rings. The molecule has 1 saturated heterocycles. The Bertz CT molecular complexity index is 767. The highest BCUT2D eigenvalue weighted by Gasteiger charge is 2.43. The highest BCUT2D eigenvalue weighted by atomic mass is 19.4. The van der Waals surface area contributed by atoms with Crippen LogP contribution in [0.1, 0.15) is 10.5 Å². The number of carbonyl (C=O) groups excluding carboxylic acids is 1. The first-order chi connectivity index (χ1) is 12.9. The van der Waals surface area contributed by atoms with Gasteiger partial charge in [-0.2, -0.15) is 13.2 Å². The fourth-order valence-corrected chi connectivity index (χ4v) is 3.36. The normalized spacial score (nSPS) is 16.9. The standard InChI is InChI=1S/C19H23F3N4O/c1-25-15(14-5-3-2-4-6-14)7-8-16(25)18(27)24-13-17(19(20,21)22)26-11-9-23-10-12-26/h2-8,17,23H,9-13H2,1H3,(H,24,27). The Balaban J connectivity index is 1.70. The van der Waals surface area contributed by atoms with Gasteiger partial charge in [-0.05, 0) is 17.7 Å². The number of alkyl halides is 3. The lowest BCUT2D eigenvalue weighted by molar-refractivity contribution is -0.183. The number of rotatable bonds is 5. The van der Waals surface area contributed by atoms with E-state index in [2.05, 4.69) is 10.6 Å². The van der Waals surface area contributed by atoms with Crippen LogP contribution in [0.5, 0.6) is 0 Å². The third kappa shape index (κ3) is 4.51. The monoisotopic (exact) mass is 380 g/mol. The van der Waals surface area contributed by atoms with E-state index in [1.54, 1.807) is 23.7 Å². The summed E-state index contributed by atoms with van der Waals surface area (Å²) in [5.41, 5.74) is 2.10. The molecular weight excluding hydrogens is 357 g/mol. The Kier molecular flexibility index (Phi) is 5.86. The molecule has 2 N–H and O–H groups in total. The highest BCUT2D eigenvalue weighted by Crippen LogP contribution is 2.25. The smallest absolute Gasteiger partial charge is 0.349 e. The molecule has 3 rings (SSSR count). The first-order valence-corrected chi connectivity index (χ1v) is 8.89. The summed E-state index contributed by atoms with van der Waals surface area (Å²) < 4.78 is 42.0. The fraction of sp³-hybridized carbons (Fsp3) is 0.421. The average Bonchev–Trinajstić information content (AvgIpc) is 3.04. The van der Waals surface area contributed by atoms with E-state index < -0.39 is 24.7 Å². The summed E-state index contributed by atoms with van der Waals surface area (Å²) in [7, 11) is 1.73. The molecule has 1 unspecified atom stereocenters. The quantitative estimate of drug-likeness (QED) is 0.837. The van der Waals surface area contributed by atoms with Crippen molar-refractivity contribution in [3.63, 3.8) is 0 Å². The minimum absolute atomic E-state index is 0.308. The van der Waals surface area contributed by atoms with E-state index in [0.29, 0.717) is 31.9 Å². The van der Waals surface area contributed by atoms with Crippen molar-refractivity contribution < 1.29 is 18.0 Å². The van der Waals surface area contributed by atoms with E-state index in [1.165, 1.54) is 4.90 Å². The van der Waals surface area contributed by atoms with Crippen LogP contribution in [-0.2, 0) is 7.05 Å². The van der Waals surface area contributed by atoms with Crippen molar-refractivity contribution in [2.45, 2.75) is 12.2 Å². The van der Waals surface area contributed by atoms with Crippen LogP contribution in [0, 0.1) is 0 Å². The van der Waals surface area contributed by atoms with Crippen molar-refractivity contribution >= 4 is 5.91 Å². The van der Waals surface area contributed by atoms with Crippen LogP contribution in [-0.4, -0.2) is 60.3 Å². The molecule has 1 fully saturated rings. The summed E-state index contributed by atoms with van der Waals surface area (Å²) in [6.45, 7) is 1.18. The van der Waals surface area contributed by atoms with Gasteiger partial charge in [-0.3, -0.25) is 9.69 Å². The molecule has 2 heterocycles. The molecule has 27 heavy (non-hydrogen) atoms. The lowest BCUT2D eigenvalue weighted by Crippen LogP contribution is -2.57. The van der Waals surface area contributed by atoms with Crippen molar-refractivity contribution in [2.24, 2.45) is 7.05 Å². The fourth-order valence-electron chi connectivity index (χ4n) is 3.36. The van der Waals surface area contributed by atoms with E-state index in [4.69, 9.17) is 0 Å². The Morgan fingerprint density at radius 3 is 2.44 bits per heavy atom. The Morgan fingerprint density at radius 1 is 1.15 bits per heavy atom. The zero-order chi connectivity index (χ0) is 19.4. The van der Waals surface area contributed by atoms with Crippen molar-refractivity contribution in [3.8, 4) is 11.3 Å². The van der Waals surface area contributed by atoms with Gasteiger partial charge in [-0.1, -0.05) is 30.3 Å². The van der Waals surface area contributed by atoms with Gasteiger partial charge in [0.1, 0.15) is 11.7 Å². The zero-order valence-electron chi connectivity index (χ0n) is 15.1. The number of piperazine rings is 1. The molecule has 0 spiro atoms. The number of amides is 1. The molecule has 0 saturated carbocycles. The second-order valence-electron chi connectivity index (χ2n) is 6.58. The van der Waals surface area contributed by atoms with Crippen LogP contribution in [0.25, 0.3) is 11.3 Å². The van der Waals surface area contributed by atoms with Crippen molar-refractivity contribution in [3.05, 3.63) is 48.2 Å². The third-order valence-electron chi connectivity index (χ3n) is 4.85. The lowest BCUT2D eigenvalue weighted by atomic mass is 10.2. The van der Waals surface area contributed by atoms with Gasteiger partial charge in [-0.15, -0.1) is 0 Å². The van der Waals surface area contributed by atoms with Gasteiger partial charge in [-0.25, -0.2) is 0 Å². The number of nitrogens with zero attached hydrogens (tertiary/aromatic N) is 2. The number of hydrogen-bond acceptors (Lipinski definition) is 3. The molecule has 1 amide bonds. The van der Waals surface area contributed by atoms with E-state index in [9.17, 15) is 18.0 Å². The van der Waals surface area contributed by atoms with Crippen LogP contribution in [0.3, 0.4) is 0 Å². The summed E-state index contributed by atoms with van der Waals surface area (Å²) in [4.78, 5) is 13.9. The Hall–Kier alpha value is -2.32. The summed E-state index contributed by atoms with van der Waals surface area (Å²) in [5, 5.41) is 5.50. The maximum atomic E-state index is 13.4. The minimum Gasteiger partial charge on any atom is -0.349 e. The predicted molar refractivity (Wildman–Crippen MR) is 97.5 cm³/mol. The highest BCUT2D eigenvalue weighted by molar-refractivity contribution is 5.93. The third-order valence-corrected chi connectivity index (χ3v) is 4.85. The van der Waals surface area contributed by atoms with E-state index in [0.717, 1.165) is 11.3 Å². The van der Waals surface area contributed by atoms with Gasteiger partial charge >= 0.3 is 6.18 Å². The maximum absolute atomic E-state index is 13.4. The molecule has 1 atom stereocenters. The van der Waals surface area contributed by atoms with Gasteiger partial charge in [0.25, 0.3) is 5.91 Å². The average molecular weight is 380 g/mol. The largest absolute Gasteiger partial charge is 0.405 e. The summed E-state index contributed by atoms with van der Waals surface area (Å²) in [5.74, 6) is -0.510. The molecule has 1 aromatic carbocycles. The molecule has 1 aromatic heterocycles. The van der Waals surface area contributed by atoms with Gasteiger partial charge in [0.05, 0.1) is 0 Å². The van der Waals surface area contributed by atoms with Crippen LogP contribution >= 0.6 is 0 Å². The topological polar surface area (TPSA) is 49.3 Å². The molecule has 0 aliphatic carbocycles. The van der Waals surface area contributed by atoms with Crippen LogP contribution in [0.4, 0.5) is 13.2 Å². The van der Waals surface area contributed by atoms with Crippen molar-refractivity contribution in [1.29, 1.82) is 0 Å². The van der Waals surface area contributed by atoms with Crippen LogP contribution < -0.4 is 10.6 Å². The van der Waals surface area contributed by atoms with Gasteiger partial charge in [0, 0.05) is 45.5 Å². The first-order valence-electron chi connectivity index (χ1n) is 8.89. The molecule has 8 heteroatoms. The van der Waals surface area contributed by atoms with E-state index in [1.807, 2.05) is 30.3 Å². The predicted octanol–water partition coefficient (Wildman–Crippen LogP) is 2.26. The summed E-state index contributed by atoms with van der Waals surface area (Å²) in [6, 6.07) is 11.3. The first kappa shape index (κ1) is 19.4. The molecule has 0 radical (unpaired) electrons. The zero-order valence-corrected chi connectivity index (χ0v) is 15.1. The van der Waals surface area contributed by atoms with Crippen LogP contribution in [0.15, 0.2) is 42.5 Å². The minimum atomic E-state index is -4.39. The number of hydrogen-bond donors (Lipinski definition) is 2. The van der Waals surface area contributed by atoms with Crippen molar-refractivity contribution in [2.75, 3.05) is 32.7 Å². The number of benzene rings is 1. The molecular formula is C19H23F3N4O. The van der Waals surface area contributed by atoms with Gasteiger partial charge in [0.15, 0.2) is 0 Å². The molecule has 1 aliphatic heterocycles. The number of carbonyl (C=O) groups is 1.